The molecule has 23 heavy (non-hydrogen) atoms. The fourth-order valence-corrected chi connectivity index (χ4v) is 3.41. The Morgan fingerprint density at radius 3 is 2.48 bits per heavy atom. The van der Waals surface area contributed by atoms with Crippen molar-refractivity contribution >= 4 is 17.9 Å². The van der Waals surface area contributed by atoms with E-state index in [0.29, 0.717) is 6.42 Å². The Balaban J connectivity index is 1.82. The lowest BCUT2D eigenvalue weighted by Crippen LogP contribution is -2.49. The highest BCUT2D eigenvalue weighted by molar-refractivity contribution is 5.87. The van der Waals surface area contributed by atoms with Gasteiger partial charge in [-0.2, -0.15) is 0 Å². The van der Waals surface area contributed by atoms with Crippen molar-refractivity contribution in [2.75, 3.05) is 6.61 Å². The van der Waals surface area contributed by atoms with Crippen LogP contribution in [0.2, 0.25) is 0 Å². The summed E-state index contributed by atoms with van der Waals surface area (Å²) in [6, 6.07) is 0. The Morgan fingerprint density at radius 1 is 1.17 bits per heavy atom. The zero-order chi connectivity index (χ0) is 16.9. The lowest BCUT2D eigenvalue weighted by molar-refractivity contribution is -0.171. The van der Waals surface area contributed by atoms with Crippen molar-refractivity contribution in [2.45, 2.75) is 58.5 Å². The number of hydrogen-bond acceptors (Lipinski definition) is 7. The molecule has 0 aliphatic carbocycles. The number of carbonyl (C=O) groups is 3. The van der Waals surface area contributed by atoms with Gasteiger partial charge in [0.2, 0.25) is 0 Å². The second kappa shape index (κ2) is 5.47. The topological polar surface area (TPSA) is 88.1 Å². The largest absolute Gasteiger partial charge is 0.466 e. The molecule has 128 valence electrons. The van der Waals surface area contributed by atoms with E-state index < -0.39 is 53.6 Å². The van der Waals surface area contributed by atoms with E-state index in [1.165, 1.54) is 0 Å². The smallest absolute Gasteiger partial charge is 0.313 e. The molecule has 3 saturated heterocycles. The molecule has 3 aliphatic rings. The van der Waals surface area contributed by atoms with Gasteiger partial charge >= 0.3 is 17.9 Å². The molecule has 7 heteroatoms. The average molecular weight is 326 g/mol. The molecule has 0 aromatic rings. The SMILES string of the molecule is CCOC(=O)C1C2OC3C(OC(=O)C31)C2OC(=O)C(C)(C)CC. The van der Waals surface area contributed by atoms with Gasteiger partial charge in [0.25, 0.3) is 0 Å². The standard InChI is InChI=1S/C16H22O7/c1-5-16(3,4)15(19)23-12-9-7(13(17)20-6-2)8-10(21-9)11(12)22-14(8)18/h7-12H,5-6H2,1-4H3. The molecule has 3 fully saturated rings. The van der Waals surface area contributed by atoms with Crippen molar-refractivity contribution in [1.29, 1.82) is 0 Å². The van der Waals surface area contributed by atoms with Crippen molar-refractivity contribution in [3.63, 3.8) is 0 Å². The van der Waals surface area contributed by atoms with Gasteiger partial charge in [0, 0.05) is 0 Å². The van der Waals surface area contributed by atoms with Gasteiger partial charge in [0.15, 0.2) is 12.2 Å². The molecule has 3 heterocycles. The van der Waals surface area contributed by atoms with Gasteiger partial charge in [0.1, 0.15) is 24.0 Å². The minimum atomic E-state index is -0.770. The van der Waals surface area contributed by atoms with E-state index in [1.54, 1.807) is 20.8 Å². The van der Waals surface area contributed by atoms with Crippen LogP contribution in [0, 0.1) is 17.3 Å². The van der Waals surface area contributed by atoms with Crippen LogP contribution in [0.1, 0.15) is 34.1 Å². The van der Waals surface area contributed by atoms with Crippen LogP contribution in [0.25, 0.3) is 0 Å². The molecule has 7 nitrogen and oxygen atoms in total. The number of esters is 3. The number of ether oxygens (including phenoxy) is 4. The van der Waals surface area contributed by atoms with E-state index in [-0.39, 0.29) is 12.6 Å². The average Bonchev–Trinajstić information content (AvgIpc) is 3.10. The monoisotopic (exact) mass is 326 g/mol. The van der Waals surface area contributed by atoms with E-state index in [9.17, 15) is 14.4 Å². The van der Waals surface area contributed by atoms with Crippen molar-refractivity contribution in [1.82, 2.24) is 0 Å². The van der Waals surface area contributed by atoms with E-state index in [1.807, 2.05) is 6.92 Å². The zero-order valence-electron chi connectivity index (χ0n) is 13.7. The Labute approximate surface area is 134 Å². The minimum Gasteiger partial charge on any atom is -0.466 e. The van der Waals surface area contributed by atoms with Gasteiger partial charge in [0.05, 0.1) is 12.0 Å². The summed E-state index contributed by atoms with van der Waals surface area (Å²) in [7, 11) is 0. The summed E-state index contributed by atoms with van der Waals surface area (Å²) in [5.74, 6) is -2.79. The van der Waals surface area contributed by atoms with Crippen LogP contribution in [-0.2, 0) is 33.3 Å². The van der Waals surface area contributed by atoms with Crippen molar-refractivity contribution in [3.05, 3.63) is 0 Å². The molecular formula is C16H22O7. The molecule has 0 aromatic heterocycles. The molecule has 0 saturated carbocycles. The maximum Gasteiger partial charge on any atom is 0.313 e. The van der Waals surface area contributed by atoms with Crippen LogP contribution in [0.5, 0.6) is 0 Å². The van der Waals surface area contributed by atoms with Crippen molar-refractivity contribution < 1.29 is 33.3 Å². The predicted octanol–water partition coefficient (Wildman–Crippen LogP) is 0.836. The normalized spacial score (nSPS) is 37.7. The summed E-state index contributed by atoms with van der Waals surface area (Å²) in [6.07, 6.45) is -1.99. The third-order valence-corrected chi connectivity index (χ3v) is 5.14. The van der Waals surface area contributed by atoms with Gasteiger partial charge in [-0.15, -0.1) is 0 Å². The summed E-state index contributed by atoms with van der Waals surface area (Å²) >= 11 is 0. The molecule has 0 radical (unpaired) electrons. The minimum absolute atomic E-state index is 0.214. The summed E-state index contributed by atoms with van der Waals surface area (Å²) in [4.78, 5) is 36.6. The predicted molar refractivity (Wildman–Crippen MR) is 76.1 cm³/mol. The molecule has 0 aromatic carbocycles. The second-order valence-corrected chi connectivity index (χ2v) is 6.88. The van der Waals surface area contributed by atoms with Gasteiger partial charge in [-0.05, 0) is 27.2 Å². The van der Waals surface area contributed by atoms with Gasteiger partial charge in [-0.3, -0.25) is 14.4 Å². The van der Waals surface area contributed by atoms with Crippen LogP contribution >= 0.6 is 0 Å². The van der Waals surface area contributed by atoms with Gasteiger partial charge in [-0.1, -0.05) is 6.92 Å². The first-order valence-electron chi connectivity index (χ1n) is 8.05. The number of carbonyl (C=O) groups excluding carboxylic acids is 3. The molecule has 0 N–H and O–H groups in total. The van der Waals surface area contributed by atoms with Crippen molar-refractivity contribution in [3.8, 4) is 0 Å². The first kappa shape index (κ1) is 16.2. The van der Waals surface area contributed by atoms with E-state index in [0.717, 1.165) is 0 Å². The summed E-state index contributed by atoms with van der Waals surface area (Å²) < 4.78 is 21.7. The Bertz CT molecular complexity index is 541. The quantitative estimate of drug-likeness (QED) is 0.546. The molecule has 0 amide bonds. The molecule has 6 atom stereocenters. The highest BCUT2D eigenvalue weighted by atomic mass is 16.7. The highest BCUT2D eigenvalue weighted by Gasteiger charge is 2.72. The van der Waals surface area contributed by atoms with E-state index >= 15 is 0 Å². The van der Waals surface area contributed by atoms with Crippen LogP contribution < -0.4 is 0 Å². The van der Waals surface area contributed by atoms with Crippen LogP contribution in [-0.4, -0.2) is 48.9 Å². The number of rotatable bonds is 5. The molecule has 6 unspecified atom stereocenters. The molecule has 2 bridgehead atoms. The Kier molecular flexibility index (Phi) is 3.86. The van der Waals surface area contributed by atoms with Crippen LogP contribution in [0.4, 0.5) is 0 Å². The Morgan fingerprint density at radius 2 is 1.87 bits per heavy atom. The summed E-state index contributed by atoms with van der Waals surface area (Å²) in [5.41, 5.74) is -0.650. The number of fused-ring (bicyclic) bond motifs is 1. The third-order valence-electron chi connectivity index (χ3n) is 5.14. The highest BCUT2D eigenvalue weighted by Crippen LogP contribution is 2.51. The number of hydrogen-bond donors (Lipinski definition) is 0. The van der Waals surface area contributed by atoms with Crippen molar-refractivity contribution in [2.24, 2.45) is 17.3 Å². The van der Waals surface area contributed by atoms with E-state index in [4.69, 9.17) is 18.9 Å². The van der Waals surface area contributed by atoms with Gasteiger partial charge in [-0.25, -0.2) is 0 Å². The first-order valence-corrected chi connectivity index (χ1v) is 8.05. The van der Waals surface area contributed by atoms with Gasteiger partial charge < -0.3 is 18.9 Å². The maximum absolute atomic E-state index is 12.4. The van der Waals surface area contributed by atoms with Crippen LogP contribution in [0.15, 0.2) is 0 Å². The zero-order valence-corrected chi connectivity index (χ0v) is 13.7. The molecule has 0 spiro atoms. The first-order chi connectivity index (χ1) is 10.8. The fraction of sp³-hybridized carbons (Fsp3) is 0.812. The second-order valence-electron chi connectivity index (χ2n) is 6.88. The summed E-state index contributed by atoms with van der Waals surface area (Å²) in [5, 5.41) is 0. The Hall–Kier alpha value is -1.63. The fourth-order valence-electron chi connectivity index (χ4n) is 3.41. The molecule has 3 aliphatic heterocycles. The summed E-state index contributed by atoms with van der Waals surface area (Å²) in [6.45, 7) is 7.38. The molecule has 3 rings (SSSR count). The molecular weight excluding hydrogens is 304 g/mol. The maximum atomic E-state index is 12.4. The lowest BCUT2D eigenvalue weighted by Gasteiger charge is -2.30. The van der Waals surface area contributed by atoms with E-state index in [2.05, 4.69) is 0 Å². The lowest BCUT2D eigenvalue weighted by atomic mass is 9.78. The third kappa shape index (κ3) is 2.33. The van der Waals surface area contributed by atoms with Crippen LogP contribution in [0.3, 0.4) is 0 Å².